The Labute approximate surface area is 106 Å². The molecule has 0 amide bonds. The Balaban J connectivity index is 2.29. The summed E-state index contributed by atoms with van der Waals surface area (Å²) >= 11 is 0. The third-order valence-electron chi connectivity index (χ3n) is 2.92. The predicted molar refractivity (Wildman–Crippen MR) is 65.9 cm³/mol. The fourth-order valence-electron chi connectivity index (χ4n) is 2.00. The minimum absolute atomic E-state index is 0.0977. The molecule has 0 bridgehead atoms. The van der Waals surface area contributed by atoms with Gasteiger partial charge in [-0.2, -0.15) is 13.2 Å². The van der Waals surface area contributed by atoms with Crippen LogP contribution in [0.2, 0.25) is 0 Å². The molecular formula is C14H8F3NO. The number of aromatic hydroxyl groups is 1. The van der Waals surface area contributed by atoms with E-state index in [1.165, 1.54) is 18.2 Å². The van der Waals surface area contributed by atoms with Crippen LogP contribution in [-0.4, -0.2) is 10.1 Å². The van der Waals surface area contributed by atoms with Crippen molar-refractivity contribution in [3.63, 3.8) is 0 Å². The Hall–Kier alpha value is -2.30. The molecule has 0 fully saturated rings. The number of fused-ring (bicyclic) bond motifs is 2. The number of hydrogen-bond acceptors (Lipinski definition) is 2. The molecule has 3 rings (SSSR count). The molecule has 0 radical (unpaired) electrons. The van der Waals surface area contributed by atoms with Crippen LogP contribution < -0.4 is 0 Å². The average Bonchev–Trinajstić information content (AvgIpc) is 2.34. The summed E-state index contributed by atoms with van der Waals surface area (Å²) in [5.41, 5.74) is 0.114. The van der Waals surface area contributed by atoms with Gasteiger partial charge < -0.3 is 5.11 Å². The second-order valence-corrected chi connectivity index (χ2v) is 4.27. The van der Waals surface area contributed by atoms with Gasteiger partial charge in [0, 0.05) is 10.8 Å². The fraction of sp³-hybridized carbons (Fsp3) is 0.0714. The van der Waals surface area contributed by atoms with Crippen LogP contribution in [0.5, 0.6) is 5.75 Å². The Bertz CT molecular complexity index is 781. The van der Waals surface area contributed by atoms with E-state index in [0.29, 0.717) is 16.3 Å². The number of nitrogens with zero attached hydrogens (tertiary/aromatic N) is 1. The highest BCUT2D eigenvalue weighted by atomic mass is 19.4. The second-order valence-electron chi connectivity index (χ2n) is 4.27. The molecule has 0 aliphatic carbocycles. The summed E-state index contributed by atoms with van der Waals surface area (Å²) in [4.78, 5) is 4.18. The van der Waals surface area contributed by atoms with Crippen molar-refractivity contribution in [3.8, 4) is 5.75 Å². The van der Waals surface area contributed by atoms with Gasteiger partial charge in [0.2, 0.25) is 0 Å². The zero-order valence-electron chi connectivity index (χ0n) is 9.57. The number of benzene rings is 2. The van der Waals surface area contributed by atoms with Crippen LogP contribution in [0.15, 0.2) is 42.5 Å². The smallest absolute Gasteiger partial charge is 0.416 e. The SMILES string of the molecule is Oc1ccc2nc3cc(C(F)(F)F)ccc3cc2c1. The van der Waals surface area contributed by atoms with Gasteiger partial charge in [0.05, 0.1) is 16.6 Å². The number of alkyl halides is 3. The molecule has 0 unspecified atom stereocenters. The summed E-state index contributed by atoms with van der Waals surface area (Å²) in [6.45, 7) is 0. The minimum atomic E-state index is -4.38. The van der Waals surface area contributed by atoms with Crippen molar-refractivity contribution in [2.45, 2.75) is 6.18 Å². The van der Waals surface area contributed by atoms with E-state index in [-0.39, 0.29) is 11.3 Å². The second kappa shape index (κ2) is 3.85. The molecule has 2 nitrogen and oxygen atoms in total. The van der Waals surface area contributed by atoms with Crippen molar-refractivity contribution in [2.24, 2.45) is 0 Å². The Morgan fingerprint density at radius 2 is 1.63 bits per heavy atom. The maximum atomic E-state index is 12.6. The van der Waals surface area contributed by atoms with Gasteiger partial charge in [-0.3, -0.25) is 0 Å². The molecule has 3 aromatic rings. The van der Waals surface area contributed by atoms with Crippen molar-refractivity contribution >= 4 is 21.8 Å². The Morgan fingerprint density at radius 3 is 2.37 bits per heavy atom. The van der Waals surface area contributed by atoms with Crippen LogP contribution in [0.3, 0.4) is 0 Å². The molecule has 1 N–H and O–H groups in total. The summed E-state index contributed by atoms with van der Waals surface area (Å²) in [5.74, 6) is 0.0977. The van der Waals surface area contributed by atoms with Crippen molar-refractivity contribution in [3.05, 3.63) is 48.0 Å². The molecule has 0 saturated carbocycles. The first-order valence-electron chi connectivity index (χ1n) is 5.54. The van der Waals surface area contributed by atoms with Gasteiger partial charge in [-0.1, -0.05) is 6.07 Å². The maximum absolute atomic E-state index is 12.6. The third-order valence-corrected chi connectivity index (χ3v) is 2.92. The Morgan fingerprint density at radius 1 is 0.842 bits per heavy atom. The van der Waals surface area contributed by atoms with E-state index in [2.05, 4.69) is 4.98 Å². The molecule has 0 atom stereocenters. The summed E-state index contributed by atoms with van der Waals surface area (Å²) in [6, 6.07) is 9.70. The van der Waals surface area contributed by atoms with Crippen LogP contribution in [0.4, 0.5) is 13.2 Å². The molecule has 0 aliphatic heterocycles. The zero-order chi connectivity index (χ0) is 13.6. The van der Waals surface area contributed by atoms with E-state index in [1.807, 2.05) is 0 Å². The number of phenolic OH excluding ortho intramolecular Hbond substituents is 1. The lowest BCUT2D eigenvalue weighted by molar-refractivity contribution is -0.137. The lowest BCUT2D eigenvalue weighted by atomic mass is 10.1. The van der Waals surface area contributed by atoms with Gasteiger partial charge >= 0.3 is 6.18 Å². The van der Waals surface area contributed by atoms with E-state index in [1.54, 1.807) is 12.1 Å². The maximum Gasteiger partial charge on any atom is 0.416 e. The summed E-state index contributed by atoms with van der Waals surface area (Å²) in [6.07, 6.45) is -4.38. The molecule has 5 heteroatoms. The quantitative estimate of drug-likeness (QED) is 0.619. The van der Waals surface area contributed by atoms with E-state index in [0.717, 1.165) is 12.1 Å². The van der Waals surface area contributed by atoms with Gasteiger partial charge in [-0.25, -0.2) is 4.98 Å². The van der Waals surface area contributed by atoms with E-state index < -0.39 is 11.7 Å². The molecule has 0 spiro atoms. The molecule has 96 valence electrons. The van der Waals surface area contributed by atoms with Gasteiger partial charge in [0.25, 0.3) is 0 Å². The van der Waals surface area contributed by atoms with Crippen molar-refractivity contribution in [2.75, 3.05) is 0 Å². The molecular weight excluding hydrogens is 255 g/mol. The normalized spacial score (nSPS) is 12.2. The van der Waals surface area contributed by atoms with Crippen LogP contribution in [0, 0.1) is 0 Å². The van der Waals surface area contributed by atoms with Gasteiger partial charge in [-0.15, -0.1) is 0 Å². The minimum Gasteiger partial charge on any atom is -0.508 e. The van der Waals surface area contributed by atoms with Gasteiger partial charge in [0.15, 0.2) is 0 Å². The highest BCUT2D eigenvalue weighted by Crippen LogP contribution is 2.32. The molecule has 2 aromatic carbocycles. The van der Waals surface area contributed by atoms with Crippen LogP contribution >= 0.6 is 0 Å². The molecule has 0 saturated heterocycles. The molecule has 19 heavy (non-hydrogen) atoms. The highest BCUT2D eigenvalue weighted by Gasteiger charge is 2.30. The average molecular weight is 263 g/mol. The largest absolute Gasteiger partial charge is 0.508 e. The number of rotatable bonds is 0. The summed E-state index contributed by atoms with van der Waals surface area (Å²) in [5, 5.41) is 10.7. The van der Waals surface area contributed by atoms with Crippen molar-refractivity contribution in [1.82, 2.24) is 4.98 Å². The van der Waals surface area contributed by atoms with E-state index in [4.69, 9.17) is 0 Å². The van der Waals surface area contributed by atoms with Crippen LogP contribution in [0.1, 0.15) is 5.56 Å². The number of halogens is 3. The zero-order valence-corrected chi connectivity index (χ0v) is 9.57. The van der Waals surface area contributed by atoms with Crippen LogP contribution in [-0.2, 0) is 6.18 Å². The van der Waals surface area contributed by atoms with Gasteiger partial charge in [-0.05, 0) is 36.4 Å². The van der Waals surface area contributed by atoms with E-state index >= 15 is 0 Å². The highest BCUT2D eigenvalue weighted by molar-refractivity contribution is 5.93. The van der Waals surface area contributed by atoms with Crippen molar-refractivity contribution in [1.29, 1.82) is 0 Å². The number of pyridine rings is 1. The first-order chi connectivity index (χ1) is 8.93. The van der Waals surface area contributed by atoms with Crippen LogP contribution in [0.25, 0.3) is 21.8 Å². The first-order valence-corrected chi connectivity index (χ1v) is 5.54. The Kier molecular flexibility index (Phi) is 2.38. The van der Waals surface area contributed by atoms with E-state index in [9.17, 15) is 18.3 Å². The standard InChI is InChI=1S/C14H8F3NO/c15-14(16,17)10-2-1-8-5-9-6-11(19)3-4-12(9)18-13(8)7-10/h1-7,19H. The number of hydrogen-bond donors (Lipinski definition) is 1. The summed E-state index contributed by atoms with van der Waals surface area (Å²) < 4.78 is 37.9. The molecule has 1 aromatic heterocycles. The summed E-state index contributed by atoms with van der Waals surface area (Å²) in [7, 11) is 0. The number of phenols is 1. The third kappa shape index (κ3) is 2.07. The molecule has 1 heterocycles. The monoisotopic (exact) mass is 263 g/mol. The first kappa shape index (κ1) is 11.8. The number of aromatic nitrogens is 1. The topological polar surface area (TPSA) is 33.1 Å². The van der Waals surface area contributed by atoms with Gasteiger partial charge in [0.1, 0.15) is 5.75 Å². The lowest BCUT2D eigenvalue weighted by Gasteiger charge is -2.08. The fourth-order valence-corrected chi connectivity index (χ4v) is 2.00. The lowest BCUT2D eigenvalue weighted by Crippen LogP contribution is -2.04. The van der Waals surface area contributed by atoms with Crippen molar-refractivity contribution < 1.29 is 18.3 Å². The molecule has 0 aliphatic rings. The predicted octanol–water partition coefficient (Wildman–Crippen LogP) is 4.11.